The van der Waals surface area contributed by atoms with Crippen LogP contribution in [0.4, 0.5) is 11.5 Å². The van der Waals surface area contributed by atoms with Gasteiger partial charge >= 0.3 is 0 Å². The topological polar surface area (TPSA) is 107 Å². The van der Waals surface area contributed by atoms with E-state index in [1.54, 1.807) is 7.11 Å². The lowest BCUT2D eigenvalue weighted by Gasteiger charge is -2.12. The highest BCUT2D eigenvalue weighted by Gasteiger charge is 2.37. The van der Waals surface area contributed by atoms with E-state index in [-0.39, 0.29) is 0 Å². The Morgan fingerprint density at radius 2 is 1.86 bits per heavy atom. The van der Waals surface area contributed by atoms with Gasteiger partial charge in [-0.3, -0.25) is 4.68 Å². The van der Waals surface area contributed by atoms with Gasteiger partial charge in [0.05, 0.1) is 40.8 Å². The van der Waals surface area contributed by atoms with E-state index < -0.39 is 0 Å². The van der Waals surface area contributed by atoms with Crippen LogP contribution in [0.25, 0.3) is 33.1 Å². The molecule has 36 heavy (non-hydrogen) atoms. The van der Waals surface area contributed by atoms with Gasteiger partial charge in [0.15, 0.2) is 0 Å². The molecule has 2 aliphatic rings. The van der Waals surface area contributed by atoms with Crippen molar-refractivity contribution in [2.24, 2.45) is 7.05 Å². The molecule has 2 saturated carbocycles. The van der Waals surface area contributed by atoms with E-state index in [1.807, 2.05) is 20.8 Å². The van der Waals surface area contributed by atoms with E-state index >= 15 is 0 Å². The molecule has 0 unspecified atom stereocenters. The zero-order chi connectivity index (χ0) is 24.7. The predicted octanol–water partition coefficient (Wildman–Crippen LogP) is 5.93. The molecule has 2 fully saturated rings. The van der Waals surface area contributed by atoms with Gasteiger partial charge in [0.2, 0.25) is 0 Å². The lowest BCUT2D eigenvalue weighted by atomic mass is 10.0. The average molecular weight is 484 g/mol. The van der Waals surface area contributed by atoms with Crippen LogP contribution in [0.1, 0.15) is 66.2 Å². The van der Waals surface area contributed by atoms with E-state index in [0.717, 1.165) is 61.8 Å². The molecule has 0 amide bonds. The highest BCUT2D eigenvalue weighted by atomic mass is 16.5. The quantitative estimate of drug-likeness (QED) is 0.308. The minimum atomic E-state index is 0.533. The summed E-state index contributed by atoms with van der Waals surface area (Å²) in [6.45, 7) is 5.79. The van der Waals surface area contributed by atoms with Gasteiger partial charge in [-0.15, -0.1) is 0 Å². The smallest absolute Gasteiger partial charge is 0.144 e. The molecular formula is C27H29N7O2. The first-order valence-corrected chi connectivity index (χ1v) is 12.6. The molecule has 4 aromatic heterocycles. The second-order valence-corrected chi connectivity index (χ2v) is 10.2. The van der Waals surface area contributed by atoms with Crippen molar-refractivity contribution in [2.45, 2.75) is 58.3 Å². The molecule has 0 bridgehead atoms. The summed E-state index contributed by atoms with van der Waals surface area (Å²) in [7, 11) is 3.76. The summed E-state index contributed by atoms with van der Waals surface area (Å²) in [5.41, 5.74) is 8.06. The summed E-state index contributed by atoms with van der Waals surface area (Å²) in [5, 5.41) is 14.8. The van der Waals surface area contributed by atoms with Gasteiger partial charge in [-0.25, -0.2) is 9.97 Å². The molecule has 2 aliphatic carbocycles. The number of aromatic nitrogens is 6. The fourth-order valence-corrected chi connectivity index (χ4v) is 5.53. The van der Waals surface area contributed by atoms with Gasteiger partial charge in [-0.1, -0.05) is 5.16 Å². The van der Waals surface area contributed by atoms with Crippen molar-refractivity contribution in [1.82, 2.24) is 29.9 Å². The van der Waals surface area contributed by atoms with Crippen molar-refractivity contribution >= 4 is 33.4 Å². The Balaban J connectivity index is 1.44. The van der Waals surface area contributed by atoms with Crippen molar-refractivity contribution in [1.29, 1.82) is 0 Å². The summed E-state index contributed by atoms with van der Waals surface area (Å²) in [5.74, 6) is 4.12. The fraction of sp³-hybridized carbons (Fsp3) is 0.407. The maximum Gasteiger partial charge on any atom is 0.144 e. The minimum Gasteiger partial charge on any atom is -0.496 e. The Bertz CT molecular complexity index is 1650. The number of H-pyrrole nitrogens is 1. The van der Waals surface area contributed by atoms with Crippen molar-refractivity contribution < 1.29 is 9.26 Å². The summed E-state index contributed by atoms with van der Waals surface area (Å²) in [6, 6.07) is 4.16. The molecule has 184 valence electrons. The summed E-state index contributed by atoms with van der Waals surface area (Å²) in [6.07, 6.45) is 4.82. The van der Waals surface area contributed by atoms with Crippen LogP contribution >= 0.6 is 0 Å². The third-order valence-corrected chi connectivity index (χ3v) is 7.48. The van der Waals surface area contributed by atoms with E-state index in [1.165, 1.54) is 37.1 Å². The van der Waals surface area contributed by atoms with Crippen LogP contribution in [0, 0.1) is 20.8 Å². The molecule has 1 aromatic carbocycles. The Labute approximate surface area is 208 Å². The zero-order valence-corrected chi connectivity index (χ0v) is 21.2. The largest absolute Gasteiger partial charge is 0.496 e. The SMILES string of the molecule is COc1cc2c(cc1-c1c(C)noc1C)[nH]c1nc(C)nc(Nc3c(C4CC4)nn(C)c3C3CC3)c12. The number of nitrogens with zero attached hydrogens (tertiary/aromatic N) is 5. The van der Waals surface area contributed by atoms with Crippen LogP contribution < -0.4 is 10.1 Å². The van der Waals surface area contributed by atoms with Gasteiger partial charge in [0.1, 0.15) is 28.8 Å². The molecule has 0 aliphatic heterocycles. The third-order valence-electron chi connectivity index (χ3n) is 7.48. The maximum absolute atomic E-state index is 5.85. The summed E-state index contributed by atoms with van der Waals surface area (Å²) < 4.78 is 13.4. The van der Waals surface area contributed by atoms with Gasteiger partial charge in [-0.2, -0.15) is 5.10 Å². The Hall–Kier alpha value is -3.88. The number of hydrogen-bond acceptors (Lipinski definition) is 7. The Morgan fingerprint density at radius 1 is 1.08 bits per heavy atom. The zero-order valence-electron chi connectivity index (χ0n) is 21.2. The number of hydrogen-bond donors (Lipinski definition) is 2. The highest BCUT2D eigenvalue weighted by molar-refractivity contribution is 6.13. The first kappa shape index (κ1) is 21.4. The third kappa shape index (κ3) is 3.22. The predicted molar refractivity (Wildman–Crippen MR) is 138 cm³/mol. The number of aromatic amines is 1. The average Bonchev–Trinajstić information content (AvgIpc) is 3.77. The Kier molecular flexibility index (Phi) is 4.49. The minimum absolute atomic E-state index is 0.533. The van der Waals surface area contributed by atoms with Crippen LogP contribution in [0.2, 0.25) is 0 Å². The Morgan fingerprint density at radius 3 is 2.53 bits per heavy atom. The molecule has 4 heterocycles. The van der Waals surface area contributed by atoms with Crippen LogP contribution in [0.15, 0.2) is 16.7 Å². The van der Waals surface area contributed by atoms with Crippen LogP contribution in [0.3, 0.4) is 0 Å². The number of ether oxygens (including phenoxy) is 1. The number of rotatable bonds is 6. The molecule has 7 rings (SSSR count). The molecule has 9 nitrogen and oxygen atoms in total. The van der Waals surface area contributed by atoms with Gasteiger partial charge in [0.25, 0.3) is 0 Å². The van der Waals surface area contributed by atoms with Crippen molar-refractivity contribution in [3.8, 4) is 16.9 Å². The number of aryl methyl sites for hydroxylation is 4. The lowest BCUT2D eigenvalue weighted by Crippen LogP contribution is -2.02. The summed E-state index contributed by atoms with van der Waals surface area (Å²) >= 11 is 0. The number of nitrogens with one attached hydrogen (secondary N) is 2. The van der Waals surface area contributed by atoms with E-state index in [0.29, 0.717) is 17.7 Å². The monoisotopic (exact) mass is 483 g/mol. The van der Waals surface area contributed by atoms with Crippen molar-refractivity contribution in [3.05, 3.63) is 40.8 Å². The van der Waals surface area contributed by atoms with Crippen LogP contribution in [-0.2, 0) is 7.05 Å². The lowest BCUT2D eigenvalue weighted by molar-refractivity contribution is 0.393. The first-order chi connectivity index (χ1) is 17.4. The number of fused-ring (bicyclic) bond motifs is 3. The second kappa shape index (κ2) is 7.56. The molecular weight excluding hydrogens is 454 g/mol. The van der Waals surface area contributed by atoms with Gasteiger partial charge < -0.3 is 19.6 Å². The molecule has 0 spiro atoms. The number of methoxy groups -OCH3 is 1. The van der Waals surface area contributed by atoms with E-state index in [4.69, 9.17) is 24.3 Å². The molecule has 0 radical (unpaired) electrons. The molecule has 0 atom stereocenters. The van der Waals surface area contributed by atoms with Crippen LogP contribution in [0.5, 0.6) is 5.75 Å². The van der Waals surface area contributed by atoms with Crippen molar-refractivity contribution in [3.63, 3.8) is 0 Å². The molecule has 9 heteroatoms. The molecule has 2 N–H and O–H groups in total. The fourth-order valence-electron chi connectivity index (χ4n) is 5.53. The maximum atomic E-state index is 5.85. The second-order valence-electron chi connectivity index (χ2n) is 10.2. The van der Waals surface area contributed by atoms with Crippen LogP contribution in [-0.4, -0.2) is 37.0 Å². The molecule has 0 saturated heterocycles. The van der Waals surface area contributed by atoms with E-state index in [9.17, 15) is 0 Å². The van der Waals surface area contributed by atoms with Gasteiger partial charge in [0, 0.05) is 35.3 Å². The van der Waals surface area contributed by atoms with Gasteiger partial charge in [-0.05, 0) is 58.6 Å². The number of anilines is 2. The first-order valence-electron chi connectivity index (χ1n) is 12.6. The highest BCUT2D eigenvalue weighted by Crippen LogP contribution is 2.51. The van der Waals surface area contributed by atoms with E-state index in [2.05, 4.69) is 39.3 Å². The summed E-state index contributed by atoms with van der Waals surface area (Å²) in [4.78, 5) is 13.1. The number of benzene rings is 1. The normalized spacial score (nSPS) is 15.8. The standard InChI is InChI=1S/C27H29N7O2/c1-12-21(13(2)36-33-12)18-10-19-17(11-20(18)35-5)22-26(30-19)28-14(3)29-27(22)31-24-23(15-6-7-15)32-34(4)25(24)16-8-9-16/h10-11,15-16H,6-9H2,1-5H3,(H2,28,29,30,31). The molecule has 5 aromatic rings. The van der Waals surface area contributed by atoms with Crippen molar-refractivity contribution in [2.75, 3.05) is 12.4 Å².